The first kappa shape index (κ1) is 19.2. The minimum Gasteiger partial charge on any atom is -0.456 e. The van der Waals surface area contributed by atoms with Crippen molar-refractivity contribution in [1.29, 1.82) is 0 Å². The Hall–Kier alpha value is -1.88. The van der Waals surface area contributed by atoms with Crippen LogP contribution < -0.4 is 5.32 Å². The summed E-state index contributed by atoms with van der Waals surface area (Å²) < 4.78 is 56.9. The van der Waals surface area contributed by atoms with Gasteiger partial charge in [-0.2, -0.15) is 13.2 Å². The van der Waals surface area contributed by atoms with Gasteiger partial charge >= 0.3 is 24.0 Å². The maximum absolute atomic E-state index is 12.4. The van der Waals surface area contributed by atoms with Crippen LogP contribution in [-0.2, 0) is 33.3 Å². The van der Waals surface area contributed by atoms with Crippen molar-refractivity contribution in [2.24, 2.45) is 0 Å². The van der Waals surface area contributed by atoms with Crippen molar-refractivity contribution in [3.05, 3.63) is 0 Å². The van der Waals surface area contributed by atoms with E-state index in [9.17, 15) is 27.6 Å². The highest BCUT2D eigenvalue weighted by atomic mass is 19.4. The number of nitrogens with one attached hydrogen (secondary N) is 1. The zero-order valence-corrected chi connectivity index (χ0v) is 12.5. The molecule has 0 aromatic heterocycles. The molecule has 1 saturated heterocycles. The first-order valence-electron chi connectivity index (χ1n) is 6.42. The predicted octanol–water partition coefficient (Wildman–Crippen LogP) is -0.100. The molecule has 1 fully saturated rings. The fourth-order valence-corrected chi connectivity index (χ4v) is 2.00. The second-order valence-corrected chi connectivity index (χ2v) is 4.66. The Labute approximate surface area is 129 Å². The number of methoxy groups -OCH3 is 1. The molecule has 23 heavy (non-hydrogen) atoms. The van der Waals surface area contributed by atoms with Crippen LogP contribution in [0.25, 0.3) is 0 Å². The summed E-state index contributed by atoms with van der Waals surface area (Å²) in [5.41, 5.74) is 0. The van der Waals surface area contributed by atoms with Crippen molar-refractivity contribution in [1.82, 2.24) is 5.32 Å². The molecule has 0 bridgehead atoms. The molecule has 1 aliphatic rings. The van der Waals surface area contributed by atoms with Crippen molar-refractivity contribution in [3.8, 4) is 0 Å². The summed E-state index contributed by atoms with van der Waals surface area (Å²) >= 11 is 0. The number of halogens is 3. The van der Waals surface area contributed by atoms with Gasteiger partial charge < -0.3 is 24.3 Å². The van der Waals surface area contributed by atoms with Gasteiger partial charge in [0.2, 0.25) is 0 Å². The smallest absolute Gasteiger partial charge is 0.456 e. The Kier molecular flexibility index (Phi) is 6.33. The molecule has 0 radical (unpaired) electrons. The van der Waals surface area contributed by atoms with Crippen molar-refractivity contribution >= 4 is 17.8 Å². The van der Waals surface area contributed by atoms with E-state index < -0.39 is 55.2 Å². The molecule has 132 valence electrons. The van der Waals surface area contributed by atoms with E-state index in [1.54, 1.807) is 5.32 Å². The average Bonchev–Trinajstić information content (AvgIpc) is 2.40. The fourth-order valence-electron chi connectivity index (χ4n) is 2.00. The molecule has 4 atom stereocenters. The quantitative estimate of drug-likeness (QED) is 0.712. The Balaban J connectivity index is 3.01. The Bertz CT molecular complexity index is 468. The van der Waals surface area contributed by atoms with Crippen LogP contribution in [0.3, 0.4) is 0 Å². The molecule has 11 heteroatoms. The summed E-state index contributed by atoms with van der Waals surface area (Å²) in [4.78, 5) is 33.4. The lowest BCUT2D eigenvalue weighted by atomic mass is 10.0. The highest BCUT2D eigenvalue weighted by Crippen LogP contribution is 2.24. The lowest BCUT2D eigenvalue weighted by molar-refractivity contribution is -0.255. The van der Waals surface area contributed by atoms with E-state index >= 15 is 0 Å². The number of hydrogen-bond donors (Lipinski definition) is 1. The normalized spacial score (nSPS) is 27.9. The summed E-state index contributed by atoms with van der Waals surface area (Å²) in [6, 6.07) is -1.37. The molecular weight excluding hydrogens is 327 g/mol. The van der Waals surface area contributed by atoms with Crippen molar-refractivity contribution in [2.45, 2.75) is 44.6 Å². The Morgan fingerprint density at radius 1 is 1.09 bits per heavy atom. The minimum absolute atomic E-state index is 0.434. The van der Waals surface area contributed by atoms with E-state index in [0.717, 1.165) is 13.8 Å². The number of amides is 1. The Morgan fingerprint density at radius 2 is 1.61 bits per heavy atom. The third kappa shape index (κ3) is 5.36. The number of hydrogen-bond acceptors (Lipinski definition) is 7. The first-order chi connectivity index (χ1) is 10.6. The molecule has 0 saturated carbocycles. The van der Waals surface area contributed by atoms with E-state index in [1.807, 2.05) is 0 Å². The Morgan fingerprint density at radius 3 is 2.04 bits per heavy atom. The van der Waals surface area contributed by atoms with E-state index in [4.69, 9.17) is 18.9 Å². The molecule has 1 amide bonds. The zero-order valence-electron chi connectivity index (χ0n) is 12.5. The number of ether oxygens (including phenoxy) is 4. The van der Waals surface area contributed by atoms with Crippen LogP contribution in [-0.4, -0.2) is 62.3 Å². The van der Waals surface area contributed by atoms with Gasteiger partial charge in [0.15, 0.2) is 18.5 Å². The fraction of sp³-hybridized carbons (Fsp3) is 0.750. The topological polar surface area (TPSA) is 100 Å². The molecule has 0 unspecified atom stereocenters. The van der Waals surface area contributed by atoms with Gasteiger partial charge in [0.05, 0.1) is 12.6 Å². The molecular formula is C12H16F3NO7. The molecule has 1 N–H and O–H groups in total. The molecule has 0 spiro atoms. The third-order valence-electron chi connectivity index (χ3n) is 2.84. The minimum atomic E-state index is -5.13. The van der Waals surface area contributed by atoms with Gasteiger partial charge in [0, 0.05) is 21.0 Å². The lowest BCUT2D eigenvalue weighted by Crippen LogP contribution is -2.63. The second kappa shape index (κ2) is 7.59. The highest BCUT2D eigenvalue weighted by Gasteiger charge is 2.48. The van der Waals surface area contributed by atoms with Gasteiger partial charge in [-0.15, -0.1) is 0 Å². The SMILES string of the molecule is CO[C@H]1OC[C@@H](NC(=O)C(F)(F)F)[C@H](OC(C)=O)[C@H]1OC(C)=O. The summed E-state index contributed by atoms with van der Waals surface area (Å²) in [6.07, 6.45) is -9.03. The van der Waals surface area contributed by atoms with Crippen LogP contribution in [0.1, 0.15) is 13.8 Å². The van der Waals surface area contributed by atoms with Crippen molar-refractivity contribution in [3.63, 3.8) is 0 Å². The van der Waals surface area contributed by atoms with E-state index in [-0.39, 0.29) is 0 Å². The van der Waals surface area contributed by atoms with Gasteiger partial charge in [0.25, 0.3) is 0 Å². The molecule has 1 rings (SSSR count). The summed E-state index contributed by atoms with van der Waals surface area (Å²) in [5, 5.41) is 1.65. The maximum Gasteiger partial charge on any atom is 0.471 e. The summed E-state index contributed by atoms with van der Waals surface area (Å²) in [7, 11) is 1.21. The molecule has 1 heterocycles. The molecule has 0 aromatic carbocycles. The number of carbonyl (C=O) groups excluding carboxylic acids is 3. The van der Waals surface area contributed by atoms with Gasteiger partial charge in [-0.1, -0.05) is 0 Å². The zero-order chi connectivity index (χ0) is 17.8. The maximum atomic E-state index is 12.4. The lowest BCUT2D eigenvalue weighted by Gasteiger charge is -2.40. The molecule has 0 aliphatic carbocycles. The summed E-state index contributed by atoms with van der Waals surface area (Å²) in [6.45, 7) is 1.64. The number of rotatable bonds is 4. The van der Waals surface area contributed by atoms with Gasteiger partial charge in [-0.25, -0.2) is 0 Å². The molecule has 1 aliphatic heterocycles. The van der Waals surface area contributed by atoms with Crippen LogP contribution in [0.15, 0.2) is 0 Å². The van der Waals surface area contributed by atoms with Gasteiger partial charge in [-0.05, 0) is 0 Å². The van der Waals surface area contributed by atoms with Crippen molar-refractivity contribution in [2.75, 3.05) is 13.7 Å². The summed E-state index contributed by atoms with van der Waals surface area (Å²) in [5.74, 6) is -3.86. The van der Waals surface area contributed by atoms with Crippen LogP contribution in [0.4, 0.5) is 13.2 Å². The first-order valence-corrected chi connectivity index (χ1v) is 6.42. The van der Waals surface area contributed by atoms with Gasteiger partial charge in [0.1, 0.15) is 0 Å². The molecule has 0 aromatic rings. The number of alkyl halides is 3. The monoisotopic (exact) mass is 343 g/mol. The largest absolute Gasteiger partial charge is 0.471 e. The van der Waals surface area contributed by atoms with Gasteiger partial charge in [-0.3, -0.25) is 14.4 Å². The van der Waals surface area contributed by atoms with E-state index in [2.05, 4.69) is 0 Å². The second-order valence-electron chi connectivity index (χ2n) is 4.66. The average molecular weight is 343 g/mol. The van der Waals surface area contributed by atoms with Crippen LogP contribution in [0, 0.1) is 0 Å². The van der Waals surface area contributed by atoms with Crippen LogP contribution in [0.2, 0.25) is 0 Å². The van der Waals surface area contributed by atoms with Crippen molar-refractivity contribution < 1.29 is 46.5 Å². The van der Waals surface area contributed by atoms with Crippen LogP contribution in [0.5, 0.6) is 0 Å². The van der Waals surface area contributed by atoms with Crippen LogP contribution >= 0.6 is 0 Å². The molecule has 8 nitrogen and oxygen atoms in total. The number of esters is 2. The standard InChI is InChI=1S/C12H16F3NO7/c1-5(17)22-8-7(16-11(19)12(13,14)15)4-21-10(20-3)9(8)23-6(2)18/h7-10H,4H2,1-3H3,(H,16,19)/t7-,8+,9-,10+/m1/s1. The predicted molar refractivity (Wildman–Crippen MR) is 65.8 cm³/mol. The highest BCUT2D eigenvalue weighted by molar-refractivity contribution is 5.82. The van der Waals surface area contributed by atoms with E-state index in [1.165, 1.54) is 7.11 Å². The van der Waals surface area contributed by atoms with E-state index in [0.29, 0.717) is 0 Å². The third-order valence-corrected chi connectivity index (χ3v) is 2.84. The number of carbonyl (C=O) groups is 3.